The Hall–Kier alpha value is -1.84. The molecule has 0 saturated heterocycles. The highest BCUT2D eigenvalue weighted by Crippen LogP contribution is 2.31. The first kappa shape index (κ1) is 15.5. The number of rotatable bonds is 4. The van der Waals surface area contributed by atoms with Crippen molar-refractivity contribution in [1.82, 2.24) is 0 Å². The van der Waals surface area contributed by atoms with E-state index in [-0.39, 0.29) is 11.7 Å². The van der Waals surface area contributed by atoms with Gasteiger partial charge in [0.15, 0.2) is 0 Å². The number of nitrogens with one attached hydrogen (secondary N) is 1. The maximum atomic E-state index is 13.4. The van der Waals surface area contributed by atoms with Crippen molar-refractivity contribution in [3.63, 3.8) is 0 Å². The lowest BCUT2D eigenvalue weighted by atomic mass is 9.79. The van der Waals surface area contributed by atoms with Gasteiger partial charge in [-0.1, -0.05) is 18.6 Å². The van der Waals surface area contributed by atoms with Gasteiger partial charge in [0.2, 0.25) is 0 Å². The molecule has 0 saturated carbocycles. The Balaban J connectivity index is 2.20. The Morgan fingerprint density at radius 1 is 1.38 bits per heavy atom. The molecule has 21 heavy (non-hydrogen) atoms. The number of anilines is 1. The Morgan fingerprint density at radius 2 is 2.10 bits per heavy atom. The van der Waals surface area contributed by atoms with Crippen molar-refractivity contribution in [2.45, 2.75) is 39.7 Å². The van der Waals surface area contributed by atoms with Gasteiger partial charge in [-0.05, 0) is 62.3 Å². The summed E-state index contributed by atoms with van der Waals surface area (Å²) in [5.41, 5.74) is 2.52. The van der Waals surface area contributed by atoms with Crippen LogP contribution in [0.3, 0.4) is 0 Å². The van der Waals surface area contributed by atoms with Gasteiger partial charge in [-0.25, -0.2) is 9.18 Å². The van der Waals surface area contributed by atoms with E-state index in [9.17, 15) is 14.3 Å². The molecule has 3 unspecified atom stereocenters. The Labute approximate surface area is 124 Å². The largest absolute Gasteiger partial charge is 0.480 e. The molecule has 0 heterocycles. The predicted octanol–water partition coefficient (Wildman–Crippen LogP) is 3.99. The highest BCUT2D eigenvalue weighted by Gasteiger charge is 2.31. The van der Waals surface area contributed by atoms with Crippen molar-refractivity contribution in [2.75, 3.05) is 5.32 Å². The normalized spacial score (nSPS) is 23.3. The van der Waals surface area contributed by atoms with E-state index in [4.69, 9.17) is 0 Å². The summed E-state index contributed by atoms with van der Waals surface area (Å²) >= 11 is 0. The van der Waals surface area contributed by atoms with Crippen LogP contribution in [-0.4, -0.2) is 17.1 Å². The van der Waals surface area contributed by atoms with Gasteiger partial charge >= 0.3 is 5.97 Å². The quantitative estimate of drug-likeness (QED) is 0.825. The van der Waals surface area contributed by atoms with E-state index < -0.39 is 12.0 Å². The number of carboxylic acid groups (broad SMARTS) is 1. The van der Waals surface area contributed by atoms with E-state index in [1.54, 1.807) is 13.0 Å². The number of aryl methyl sites for hydroxylation is 1. The summed E-state index contributed by atoms with van der Waals surface area (Å²) in [4.78, 5) is 11.6. The monoisotopic (exact) mass is 291 g/mol. The number of hydrogen-bond donors (Lipinski definition) is 2. The summed E-state index contributed by atoms with van der Waals surface area (Å²) in [6, 6.07) is 3.85. The Bertz CT molecular complexity index is 548. The first-order chi connectivity index (χ1) is 9.85. The molecule has 0 spiro atoms. The average molecular weight is 291 g/mol. The van der Waals surface area contributed by atoms with Crippen LogP contribution in [0, 0.1) is 24.6 Å². The fraction of sp³-hybridized carbons (Fsp3) is 0.471. The number of allylic oxidation sites excluding steroid dienone is 2. The smallest absolute Gasteiger partial charge is 0.326 e. The van der Waals surface area contributed by atoms with E-state index in [0.717, 1.165) is 18.4 Å². The molecule has 3 atom stereocenters. The molecule has 3 nitrogen and oxygen atoms in total. The fourth-order valence-electron chi connectivity index (χ4n) is 3.23. The van der Waals surface area contributed by atoms with E-state index >= 15 is 0 Å². The van der Waals surface area contributed by atoms with Crippen LogP contribution in [0.4, 0.5) is 10.1 Å². The summed E-state index contributed by atoms with van der Waals surface area (Å²) in [6.45, 7) is 5.93. The highest BCUT2D eigenvalue weighted by molar-refractivity contribution is 5.78. The average Bonchev–Trinajstić information content (AvgIpc) is 2.33. The van der Waals surface area contributed by atoms with Gasteiger partial charge in [0, 0.05) is 5.69 Å². The molecular weight excluding hydrogens is 269 g/mol. The summed E-state index contributed by atoms with van der Waals surface area (Å²) in [5.74, 6) is -0.841. The molecule has 0 fully saturated rings. The maximum Gasteiger partial charge on any atom is 0.326 e. The van der Waals surface area contributed by atoms with Crippen LogP contribution in [0.25, 0.3) is 0 Å². The highest BCUT2D eigenvalue weighted by atomic mass is 19.1. The summed E-state index contributed by atoms with van der Waals surface area (Å²) in [6.07, 6.45) is 3.79. The minimum absolute atomic E-state index is 0.0195. The molecule has 2 N–H and O–H groups in total. The number of carboxylic acids is 1. The van der Waals surface area contributed by atoms with Crippen LogP contribution in [0.2, 0.25) is 0 Å². The van der Waals surface area contributed by atoms with Crippen LogP contribution in [-0.2, 0) is 4.79 Å². The van der Waals surface area contributed by atoms with Crippen LogP contribution < -0.4 is 5.32 Å². The Morgan fingerprint density at radius 3 is 2.67 bits per heavy atom. The summed E-state index contributed by atoms with van der Waals surface area (Å²) in [7, 11) is 0. The lowest BCUT2D eigenvalue weighted by Crippen LogP contribution is -2.39. The van der Waals surface area contributed by atoms with Crippen molar-refractivity contribution in [1.29, 1.82) is 0 Å². The zero-order valence-electron chi connectivity index (χ0n) is 12.7. The molecule has 0 aromatic heterocycles. The van der Waals surface area contributed by atoms with Crippen LogP contribution >= 0.6 is 0 Å². The molecule has 2 rings (SSSR count). The molecular formula is C17H22FNO2. The van der Waals surface area contributed by atoms with Crippen molar-refractivity contribution in [3.8, 4) is 0 Å². The minimum Gasteiger partial charge on any atom is -0.480 e. The molecule has 0 amide bonds. The van der Waals surface area contributed by atoms with Gasteiger partial charge in [-0.2, -0.15) is 0 Å². The third-order valence-corrected chi connectivity index (χ3v) is 3.93. The second kappa shape index (κ2) is 6.29. The summed E-state index contributed by atoms with van der Waals surface area (Å²) in [5, 5.41) is 12.5. The molecule has 1 aliphatic rings. The number of carbonyl (C=O) groups is 1. The van der Waals surface area contributed by atoms with E-state index in [1.807, 2.05) is 6.92 Å². The second-order valence-corrected chi connectivity index (χ2v) is 6.17. The molecule has 4 heteroatoms. The van der Waals surface area contributed by atoms with Gasteiger partial charge in [0.25, 0.3) is 0 Å². The summed E-state index contributed by atoms with van der Waals surface area (Å²) < 4.78 is 13.4. The SMILES string of the molecule is CC1=CC(C)CC(C(Nc2cc(C)cc(F)c2)C(=O)O)C1. The van der Waals surface area contributed by atoms with Crippen LogP contribution in [0.1, 0.15) is 32.3 Å². The standard InChI is InChI=1S/C17H22FNO2/c1-10-4-11(2)6-13(5-10)16(17(20)21)19-15-8-12(3)7-14(18)9-15/h4,7-10,13,16,19H,5-6H2,1-3H3,(H,20,21). The van der Waals surface area contributed by atoms with Crippen molar-refractivity contribution >= 4 is 11.7 Å². The van der Waals surface area contributed by atoms with Gasteiger partial charge < -0.3 is 10.4 Å². The van der Waals surface area contributed by atoms with Gasteiger partial charge in [0.1, 0.15) is 11.9 Å². The number of benzene rings is 1. The fourth-order valence-corrected chi connectivity index (χ4v) is 3.23. The van der Waals surface area contributed by atoms with Crippen LogP contribution in [0.15, 0.2) is 29.8 Å². The molecule has 114 valence electrons. The van der Waals surface area contributed by atoms with Crippen molar-refractivity contribution in [3.05, 3.63) is 41.2 Å². The molecule has 1 aromatic carbocycles. The zero-order chi connectivity index (χ0) is 15.6. The second-order valence-electron chi connectivity index (χ2n) is 6.17. The van der Waals surface area contributed by atoms with Crippen molar-refractivity contribution < 1.29 is 14.3 Å². The molecule has 0 radical (unpaired) electrons. The van der Waals surface area contributed by atoms with Gasteiger partial charge in [-0.15, -0.1) is 0 Å². The van der Waals surface area contributed by atoms with Gasteiger partial charge in [0.05, 0.1) is 0 Å². The third-order valence-electron chi connectivity index (χ3n) is 3.93. The third kappa shape index (κ3) is 4.06. The number of aliphatic carboxylic acids is 1. The first-order valence-electron chi connectivity index (χ1n) is 7.29. The lowest BCUT2D eigenvalue weighted by Gasteiger charge is -2.31. The minimum atomic E-state index is -0.885. The topological polar surface area (TPSA) is 49.3 Å². The maximum absolute atomic E-state index is 13.4. The van der Waals surface area contributed by atoms with E-state index in [1.165, 1.54) is 17.7 Å². The lowest BCUT2D eigenvalue weighted by molar-refractivity contribution is -0.139. The number of hydrogen-bond acceptors (Lipinski definition) is 2. The number of halogens is 1. The van der Waals surface area contributed by atoms with Crippen molar-refractivity contribution in [2.24, 2.45) is 11.8 Å². The van der Waals surface area contributed by atoms with E-state index in [2.05, 4.69) is 18.3 Å². The first-order valence-corrected chi connectivity index (χ1v) is 7.29. The predicted molar refractivity (Wildman–Crippen MR) is 81.8 cm³/mol. The molecule has 0 aliphatic heterocycles. The van der Waals surface area contributed by atoms with Gasteiger partial charge in [-0.3, -0.25) is 0 Å². The molecule has 1 aliphatic carbocycles. The molecule has 1 aromatic rings. The Kier molecular flexibility index (Phi) is 4.66. The zero-order valence-corrected chi connectivity index (χ0v) is 12.7. The van der Waals surface area contributed by atoms with Crippen LogP contribution in [0.5, 0.6) is 0 Å². The van der Waals surface area contributed by atoms with E-state index in [0.29, 0.717) is 11.6 Å². The molecule has 0 bridgehead atoms.